The average molecular weight is 278 g/mol. The number of hydrogen-bond donors (Lipinski definition) is 1. The normalized spacial score (nSPS) is 10.8. The van der Waals surface area contributed by atoms with Crippen molar-refractivity contribution in [2.24, 2.45) is 0 Å². The van der Waals surface area contributed by atoms with Gasteiger partial charge in [0.2, 0.25) is 0 Å². The van der Waals surface area contributed by atoms with E-state index in [4.69, 9.17) is 28.3 Å². The van der Waals surface area contributed by atoms with Crippen molar-refractivity contribution >= 4 is 34.5 Å². The molecule has 0 unspecified atom stereocenters. The molecule has 0 spiro atoms. The lowest BCUT2D eigenvalue weighted by atomic mass is 10.1. The average Bonchev–Trinajstić information content (AvgIpc) is 2.68. The number of benzene rings is 1. The molecule has 0 bridgehead atoms. The zero-order chi connectivity index (χ0) is 11.7. The van der Waals surface area contributed by atoms with Crippen molar-refractivity contribution in [2.45, 2.75) is 6.61 Å². The van der Waals surface area contributed by atoms with Crippen LogP contribution in [0.3, 0.4) is 0 Å². The van der Waals surface area contributed by atoms with Crippen molar-refractivity contribution in [3.05, 3.63) is 39.2 Å². The first-order valence-electron chi connectivity index (χ1n) is 4.32. The Bertz CT molecular complexity index is 530. The molecule has 0 aliphatic heterocycles. The van der Waals surface area contributed by atoms with E-state index in [2.05, 4.69) is 4.98 Å². The molecule has 16 heavy (non-hydrogen) atoms. The SMILES string of the molecule is OCc1c(-c2scnc2Cl)ccc(Cl)c1F. The predicted octanol–water partition coefficient (Wildman–Crippen LogP) is 3.75. The lowest BCUT2D eigenvalue weighted by Gasteiger charge is -2.07. The van der Waals surface area contributed by atoms with Crippen LogP contribution in [0.5, 0.6) is 0 Å². The van der Waals surface area contributed by atoms with Crippen molar-refractivity contribution < 1.29 is 9.50 Å². The Morgan fingerprint density at radius 3 is 2.69 bits per heavy atom. The highest BCUT2D eigenvalue weighted by atomic mass is 35.5. The molecule has 2 rings (SSSR count). The topological polar surface area (TPSA) is 33.1 Å². The molecule has 2 aromatic rings. The van der Waals surface area contributed by atoms with Gasteiger partial charge in [-0.3, -0.25) is 0 Å². The van der Waals surface area contributed by atoms with Crippen molar-refractivity contribution in [1.82, 2.24) is 4.98 Å². The van der Waals surface area contributed by atoms with Crippen LogP contribution in [0.4, 0.5) is 4.39 Å². The maximum Gasteiger partial charge on any atom is 0.147 e. The van der Waals surface area contributed by atoms with Crippen LogP contribution >= 0.6 is 34.5 Å². The van der Waals surface area contributed by atoms with Gasteiger partial charge in [-0.1, -0.05) is 29.3 Å². The summed E-state index contributed by atoms with van der Waals surface area (Å²) in [4.78, 5) is 4.49. The Balaban J connectivity index is 2.66. The van der Waals surface area contributed by atoms with Gasteiger partial charge in [0, 0.05) is 11.1 Å². The number of rotatable bonds is 2. The van der Waals surface area contributed by atoms with E-state index in [1.54, 1.807) is 11.6 Å². The number of thiazole rings is 1. The lowest BCUT2D eigenvalue weighted by Crippen LogP contribution is -1.94. The summed E-state index contributed by atoms with van der Waals surface area (Å²) in [5.74, 6) is -0.619. The minimum Gasteiger partial charge on any atom is -0.392 e. The lowest BCUT2D eigenvalue weighted by molar-refractivity contribution is 0.276. The number of nitrogens with zero attached hydrogens (tertiary/aromatic N) is 1. The molecule has 2 nitrogen and oxygen atoms in total. The summed E-state index contributed by atoms with van der Waals surface area (Å²) in [5, 5.41) is 9.43. The number of aromatic nitrogens is 1. The van der Waals surface area contributed by atoms with E-state index in [-0.39, 0.29) is 10.6 Å². The number of halogens is 3. The fraction of sp³-hybridized carbons (Fsp3) is 0.100. The molecule has 0 radical (unpaired) electrons. The second-order valence-electron chi connectivity index (χ2n) is 3.02. The van der Waals surface area contributed by atoms with Crippen LogP contribution in [0.2, 0.25) is 10.2 Å². The van der Waals surface area contributed by atoms with Gasteiger partial charge in [-0.15, -0.1) is 11.3 Å². The summed E-state index contributed by atoms with van der Waals surface area (Å²) in [5.41, 5.74) is 2.22. The molecule has 1 N–H and O–H groups in total. The third-order valence-electron chi connectivity index (χ3n) is 2.12. The summed E-state index contributed by atoms with van der Waals surface area (Å²) in [6.07, 6.45) is 0. The summed E-state index contributed by atoms with van der Waals surface area (Å²) < 4.78 is 13.6. The van der Waals surface area contributed by atoms with E-state index < -0.39 is 12.4 Å². The maximum atomic E-state index is 13.6. The smallest absolute Gasteiger partial charge is 0.147 e. The molecule has 1 aromatic carbocycles. The molecule has 1 aromatic heterocycles. The van der Waals surface area contributed by atoms with E-state index >= 15 is 0 Å². The maximum absolute atomic E-state index is 13.6. The highest BCUT2D eigenvalue weighted by Gasteiger charge is 2.16. The van der Waals surface area contributed by atoms with Crippen LogP contribution in [-0.2, 0) is 6.61 Å². The summed E-state index contributed by atoms with van der Waals surface area (Å²) in [7, 11) is 0. The second-order valence-corrected chi connectivity index (χ2v) is 4.64. The molecule has 1 heterocycles. The van der Waals surface area contributed by atoms with Crippen molar-refractivity contribution in [2.75, 3.05) is 0 Å². The van der Waals surface area contributed by atoms with Crippen LogP contribution in [0.25, 0.3) is 10.4 Å². The first-order valence-corrected chi connectivity index (χ1v) is 5.95. The molecular formula is C10H6Cl2FNOS. The van der Waals surface area contributed by atoms with Gasteiger partial charge in [-0.2, -0.15) is 0 Å². The van der Waals surface area contributed by atoms with Crippen molar-refractivity contribution in [3.63, 3.8) is 0 Å². The Kier molecular flexibility index (Phi) is 3.44. The summed E-state index contributed by atoms with van der Waals surface area (Å²) in [6.45, 7) is -0.435. The van der Waals surface area contributed by atoms with E-state index in [0.29, 0.717) is 15.6 Å². The fourth-order valence-electron chi connectivity index (χ4n) is 1.37. The zero-order valence-electron chi connectivity index (χ0n) is 7.88. The van der Waals surface area contributed by atoms with Crippen LogP contribution in [0.1, 0.15) is 5.56 Å². The van der Waals surface area contributed by atoms with E-state index in [1.165, 1.54) is 17.4 Å². The Morgan fingerprint density at radius 1 is 1.38 bits per heavy atom. The quantitative estimate of drug-likeness (QED) is 0.907. The Labute approximate surface area is 105 Å². The molecule has 0 atom stereocenters. The Hall–Kier alpha value is -0.680. The van der Waals surface area contributed by atoms with E-state index in [9.17, 15) is 4.39 Å². The molecular weight excluding hydrogens is 272 g/mol. The van der Waals surface area contributed by atoms with Gasteiger partial charge < -0.3 is 5.11 Å². The molecule has 0 saturated carbocycles. The molecule has 0 saturated heterocycles. The third-order valence-corrected chi connectivity index (χ3v) is 3.67. The van der Waals surface area contributed by atoms with Crippen molar-refractivity contribution in [1.29, 1.82) is 0 Å². The number of aliphatic hydroxyl groups is 1. The molecule has 6 heteroatoms. The van der Waals surface area contributed by atoms with Crippen molar-refractivity contribution in [3.8, 4) is 10.4 Å². The van der Waals surface area contributed by atoms with Gasteiger partial charge in [0.1, 0.15) is 11.0 Å². The molecule has 0 fully saturated rings. The first kappa shape index (κ1) is 11.8. The van der Waals surface area contributed by atoms with E-state index in [1.807, 2.05) is 0 Å². The standard InChI is InChI=1S/C10H6Cl2FNOS/c11-7-2-1-5(6(3-15)8(7)13)9-10(12)14-4-16-9/h1-2,4,15H,3H2. The fourth-order valence-corrected chi connectivity index (χ4v) is 2.62. The van der Waals surface area contributed by atoms with Gasteiger partial charge >= 0.3 is 0 Å². The first-order chi connectivity index (χ1) is 7.65. The number of aliphatic hydroxyl groups excluding tert-OH is 1. The monoisotopic (exact) mass is 277 g/mol. The third kappa shape index (κ3) is 1.94. The highest BCUT2D eigenvalue weighted by Crippen LogP contribution is 2.36. The zero-order valence-corrected chi connectivity index (χ0v) is 10.2. The molecule has 84 valence electrons. The Morgan fingerprint density at radius 2 is 2.12 bits per heavy atom. The minimum atomic E-state index is -0.619. The van der Waals surface area contributed by atoms with Gasteiger partial charge in [-0.05, 0) is 6.07 Å². The predicted molar refractivity (Wildman–Crippen MR) is 63.5 cm³/mol. The summed E-state index contributed by atoms with van der Waals surface area (Å²) >= 11 is 12.8. The summed E-state index contributed by atoms with van der Waals surface area (Å²) in [6, 6.07) is 3.05. The van der Waals surface area contributed by atoms with Crippen LogP contribution in [-0.4, -0.2) is 10.1 Å². The van der Waals surface area contributed by atoms with Gasteiger partial charge in [0.15, 0.2) is 0 Å². The van der Waals surface area contributed by atoms with Crippen LogP contribution < -0.4 is 0 Å². The van der Waals surface area contributed by atoms with Gasteiger partial charge in [0.25, 0.3) is 0 Å². The van der Waals surface area contributed by atoms with Crippen LogP contribution in [0.15, 0.2) is 17.6 Å². The van der Waals surface area contributed by atoms with Gasteiger partial charge in [0.05, 0.1) is 22.0 Å². The molecule has 0 amide bonds. The minimum absolute atomic E-state index is 0.0200. The van der Waals surface area contributed by atoms with Crippen LogP contribution in [0, 0.1) is 5.82 Å². The largest absolute Gasteiger partial charge is 0.392 e. The number of hydrogen-bond acceptors (Lipinski definition) is 3. The molecule has 0 aliphatic rings. The van der Waals surface area contributed by atoms with E-state index in [0.717, 1.165) is 0 Å². The highest BCUT2D eigenvalue weighted by molar-refractivity contribution is 7.14. The van der Waals surface area contributed by atoms with Gasteiger partial charge in [-0.25, -0.2) is 9.37 Å². The second kappa shape index (κ2) is 4.67. The molecule has 0 aliphatic carbocycles.